The van der Waals surface area contributed by atoms with Crippen molar-refractivity contribution in [1.29, 1.82) is 0 Å². The monoisotopic (exact) mass is 473 g/mol. The number of ether oxygens (including phenoxy) is 2. The van der Waals surface area contributed by atoms with Crippen LogP contribution in [-0.4, -0.2) is 50.7 Å². The summed E-state index contributed by atoms with van der Waals surface area (Å²) in [5.74, 6) is 0.796. The summed E-state index contributed by atoms with van der Waals surface area (Å²) in [7, 11) is -1.86. The lowest BCUT2D eigenvalue weighted by molar-refractivity contribution is 0.0730. The molecule has 0 radical (unpaired) electrons. The fraction of sp³-hybridized carbons (Fsp3) is 0.348. The molecule has 32 heavy (non-hydrogen) atoms. The Morgan fingerprint density at radius 2 is 1.75 bits per heavy atom. The van der Waals surface area contributed by atoms with Crippen LogP contribution in [0.15, 0.2) is 63.8 Å². The molecule has 1 aliphatic rings. The maximum Gasteiger partial charge on any atom is 0.243 e. The zero-order chi connectivity index (χ0) is 22.6. The standard InChI is InChI=1S/C23H27N3O4S2/c1-3-12-26-22(17-31-23(26)24-19-6-8-20(29-2)9-7-19)18-4-10-21(11-5-18)32(27,28)25-13-15-30-16-14-25/h4-11,17H,3,12-16H2,1-2H3. The van der Waals surface area contributed by atoms with E-state index < -0.39 is 10.0 Å². The number of hydrogen-bond donors (Lipinski definition) is 0. The quantitative estimate of drug-likeness (QED) is 0.522. The molecule has 0 spiro atoms. The molecule has 4 rings (SSSR count). The second-order valence-electron chi connectivity index (χ2n) is 7.41. The van der Waals surface area contributed by atoms with E-state index in [-0.39, 0.29) is 0 Å². The average molecular weight is 474 g/mol. The van der Waals surface area contributed by atoms with Crippen molar-refractivity contribution >= 4 is 27.0 Å². The van der Waals surface area contributed by atoms with Crippen molar-refractivity contribution in [3.63, 3.8) is 0 Å². The first-order valence-electron chi connectivity index (χ1n) is 10.6. The lowest BCUT2D eigenvalue weighted by Gasteiger charge is -2.26. The summed E-state index contributed by atoms with van der Waals surface area (Å²) in [5, 5.41) is 2.07. The van der Waals surface area contributed by atoms with Crippen molar-refractivity contribution in [2.75, 3.05) is 33.4 Å². The molecule has 2 heterocycles. The normalized spacial score (nSPS) is 15.8. The van der Waals surface area contributed by atoms with Crippen LogP contribution in [0, 0.1) is 0 Å². The van der Waals surface area contributed by atoms with Gasteiger partial charge in [-0.1, -0.05) is 19.1 Å². The van der Waals surface area contributed by atoms with E-state index in [1.165, 1.54) is 4.31 Å². The minimum atomic E-state index is -3.50. The topological polar surface area (TPSA) is 73.1 Å². The Morgan fingerprint density at radius 1 is 1.06 bits per heavy atom. The Balaban J connectivity index is 1.65. The molecule has 0 bridgehead atoms. The van der Waals surface area contributed by atoms with E-state index in [1.54, 1.807) is 30.6 Å². The van der Waals surface area contributed by atoms with Gasteiger partial charge in [0.05, 0.1) is 36.6 Å². The molecule has 0 N–H and O–H groups in total. The molecule has 0 amide bonds. The van der Waals surface area contributed by atoms with E-state index in [0.29, 0.717) is 31.2 Å². The highest BCUT2D eigenvalue weighted by atomic mass is 32.2. The van der Waals surface area contributed by atoms with Crippen LogP contribution in [0.1, 0.15) is 13.3 Å². The molecular formula is C23H27N3O4S2. The molecule has 0 unspecified atom stereocenters. The van der Waals surface area contributed by atoms with Gasteiger partial charge in [-0.2, -0.15) is 4.31 Å². The van der Waals surface area contributed by atoms with Gasteiger partial charge in [-0.15, -0.1) is 11.3 Å². The van der Waals surface area contributed by atoms with Crippen molar-refractivity contribution < 1.29 is 17.9 Å². The molecule has 1 fully saturated rings. The number of aromatic nitrogens is 1. The van der Waals surface area contributed by atoms with Gasteiger partial charge in [-0.05, 0) is 48.4 Å². The largest absolute Gasteiger partial charge is 0.497 e. The lowest BCUT2D eigenvalue weighted by Crippen LogP contribution is -2.40. The van der Waals surface area contributed by atoms with Gasteiger partial charge in [0.1, 0.15) is 5.75 Å². The number of rotatable bonds is 7. The van der Waals surface area contributed by atoms with Crippen LogP contribution in [0.5, 0.6) is 5.75 Å². The first kappa shape index (κ1) is 22.7. The SMILES string of the molecule is CCCn1c(-c2ccc(S(=O)(=O)N3CCOCC3)cc2)csc1=Nc1ccc(OC)cc1. The summed E-state index contributed by atoms with van der Waals surface area (Å²) in [5.41, 5.74) is 2.85. The molecule has 7 nitrogen and oxygen atoms in total. The van der Waals surface area contributed by atoms with Gasteiger partial charge >= 0.3 is 0 Å². The highest BCUT2D eigenvalue weighted by molar-refractivity contribution is 7.89. The van der Waals surface area contributed by atoms with Gasteiger partial charge in [0, 0.05) is 25.0 Å². The number of methoxy groups -OCH3 is 1. The average Bonchev–Trinajstić information content (AvgIpc) is 3.22. The summed E-state index contributed by atoms with van der Waals surface area (Å²) in [6.45, 7) is 4.60. The third-order valence-electron chi connectivity index (χ3n) is 5.30. The maximum absolute atomic E-state index is 12.9. The van der Waals surface area contributed by atoms with Crippen molar-refractivity contribution in [3.8, 4) is 17.0 Å². The molecular weight excluding hydrogens is 446 g/mol. The molecule has 0 saturated carbocycles. The third-order valence-corrected chi connectivity index (χ3v) is 8.08. The van der Waals surface area contributed by atoms with E-state index in [1.807, 2.05) is 36.4 Å². The second kappa shape index (κ2) is 9.99. The number of hydrogen-bond acceptors (Lipinski definition) is 6. The van der Waals surface area contributed by atoms with E-state index in [9.17, 15) is 8.42 Å². The van der Waals surface area contributed by atoms with Gasteiger partial charge in [0.25, 0.3) is 0 Å². The predicted molar refractivity (Wildman–Crippen MR) is 126 cm³/mol. The van der Waals surface area contributed by atoms with Crippen LogP contribution >= 0.6 is 11.3 Å². The van der Waals surface area contributed by atoms with Crippen molar-refractivity contribution in [3.05, 3.63) is 58.7 Å². The Labute approximate surface area is 192 Å². The molecule has 170 valence electrons. The van der Waals surface area contributed by atoms with E-state index in [4.69, 9.17) is 14.5 Å². The zero-order valence-corrected chi connectivity index (χ0v) is 19.9. The molecule has 0 aliphatic carbocycles. The Morgan fingerprint density at radius 3 is 2.38 bits per heavy atom. The van der Waals surface area contributed by atoms with Gasteiger partial charge in [-0.3, -0.25) is 0 Å². The number of benzene rings is 2. The third kappa shape index (κ3) is 4.80. The van der Waals surface area contributed by atoms with E-state index >= 15 is 0 Å². The molecule has 1 aliphatic heterocycles. The van der Waals surface area contributed by atoms with E-state index in [2.05, 4.69) is 16.9 Å². The predicted octanol–water partition coefficient (Wildman–Crippen LogP) is 3.89. The molecule has 1 saturated heterocycles. The van der Waals surface area contributed by atoms with Crippen LogP contribution in [0.4, 0.5) is 5.69 Å². The molecule has 0 atom stereocenters. The molecule has 3 aromatic rings. The number of morpholine rings is 1. The minimum Gasteiger partial charge on any atom is -0.497 e. The van der Waals surface area contributed by atoms with Gasteiger partial charge < -0.3 is 14.0 Å². The highest BCUT2D eigenvalue weighted by Gasteiger charge is 2.26. The minimum absolute atomic E-state index is 0.309. The number of sulfonamides is 1. The fourth-order valence-electron chi connectivity index (χ4n) is 3.59. The summed E-state index contributed by atoms with van der Waals surface area (Å²) in [6, 6.07) is 14.8. The Kier molecular flexibility index (Phi) is 7.10. The Hall–Kier alpha value is -2.46. The first-order chi connectivity index (χ1) is 15.5. The smallest absolute Gasteiger partial charge is 0.243 e. The lowest BCUT2D eigenvalue weighted by atomic mass is 10.2. The summed E-state index contributed by atoms with van der Waals surface area (Å²) >= 11 is 1.57. The van der Waals surface area contributed by atoms with Gasteiger partial charge in [0.15, 0.2) is 4.80 Å². The highest BCUT2D eigenvalue weighted by Crippen LogP contribution is 2.25. The van der Waals surface area contributed by atoms with Crippen molar-refractivity contribution in [2.45, 2.75) is 24.8 Å². The zero-order valence-electron chi connectivity index (χ0n) is 18.2. The first-order valence-corrected chi connectivity index (χ1v) is 12.9. The fourth-order valence-corrected chi connectivity index (χ4v) is 5.95. The van der Waals surface area contributed by atoms with Gasteiger partial charge in [-0.25, -0.2) is 13.4 Å². The van der Waals surface area contributed by atoms with E-state index in [0.717, 1.165) is 40.5 Å². The Bertz CT molecular complexity index is 1210. The van der Waals surface area contributed by atoms with Crippen LogP contribution in [0.3, 0.4) is 0 Å². The van der Waals surface area contributed by atoms with Crippen LogP contribution in [0.2, 0.25) is 0 Å². The molecule has 9 heteroatoms. The van der Waals surface area contributed by atoms with Crippen LogP contribution in [0.25, 0.3) is 11.3 Å². The number of thiazole rings is 1. The summed E-state index contributed by atoms with van der Waals surface area (Å²) < 4.78 is 40.0. The summed E-state index contributed by atoms with van der Waals surface area (Å²) in [6.07, 6.45) is 0.961. The molecule has 2 aromatic carbocycles. The van der Waals surface area contributed by atoms with Crippen molar-refractivity contribution in [1.82, 2.24) is 8.87 Å². The maximum atomic E-state index is 12.9. The van der Waals surface area contributed by atoms with Crippen LogP contribution < -0.4 is 9.54 Å². The van der Waals surface area contributed by atoms with Crippen LogP contribution in [-0.2, 0) is 21.3 Å². The van der Waals surface area contributed by atoms with Gasteiger partial charge in [0.2, 0.25) is 10.0 Å². The second-order valence-corrected chi connectivity index (χ2v) is 10.2. The molecule has 1 aromatic heterocycles. The summed E-state index contributed by atoms with van der Waals surface area (Å²) in [4.78, 5) is 6.02. The van der Waals surface area contributed by atoms with Crippen molar-refractivity contribution in [2.24, 2.45) is 4.99 Å². The number of nitrogens with zero attached hydrogens (tertiary/aromatic N) is 3.